The number of nitro benzene ring substituents is 1. The molecule has 2 heterocycles. The number of carbonyl (C=O) groups is 1. The molecule has 0 atom stereocenters. The first-order chi connectivity index (χ1) is 17.4. The molecule has 0 spiro atoms. The van der Waals surface area contributed by atoms with Gasteiger partial charge in [0.15, 0.2) is 5.88 Å². The summed E-state index contributed by atoms with van der Waals surface area (Å²) in [5, 5.41) is 29.0. The molecule has 0 aliphatic carbocycles. The lowest BCUT2D eigenvalue weighted by molar-refractivity contribution is -0.384. The summed E-state index contributed by atoms with van der Waals surface area (Å²) in [5.41, 5.74) is 6.19. The molecule has 1 aliphatic heterocycles. The first kappa shape index (κ1) is 23.3. The average molecular weight is 484 g/mol. The van der Waals surface area contributed by atoms with E-state index < -0.39 is 4.92 Å². The lowest BCUT2D eigenvalue weighted by Crippen LogP contribution is -2.23. The van der Waals surface area contributed by atoms with Crippen LogP contribution in [-0.4, -0.2) is 33.2 Å². The molecule has 4 N–H and O–H groups in total. The van der Waals surface area contributed by atoms with Crippen molar-refractivity contribution in [1.29, 1.82) is 0 Å². The van der Waals surface area contributed by atoms with Crippen LogP contribution >= 0.6 is 0 Å². The molecular formula is C27H25N5O4. The number of amides is 1. The first-order valence-electron chi connectivity index (χ1n) is 11.6. The van der Waals surface area contributed by atoms with E-state index in [1.165, 1.54) is 30.2 Å². The Morgan fingerprint density at radius 1 is 1.11 bits per heavy atom. The molecule has 0 unspecified atom stereocenters. The standard InChI is InChI=1S/C27H25N5O4/c1-16(33)29-14-17-2-4-18(5-3-17)26(30-21-7-6-20-15-28-11-10-19(20)12-21)25-23-13-22(32(35)36)8-9-24(23)31-27(25)34/h2-9,12-13,28,31,34H,10-11,14-15H2,1H3,(H,29,33). The molecule has 0 bridgehead atoms. The molecule has 9 heteroatoms. The van der Waals surface area contributed by atoms with Crippen molar-refractivity contribution in [3.8, 4) is 5.88 Å². The minimum atomic E-state index is -0.460. The molecule has 0 saturated carbocycles. The van der Waals surface area contributed by atoms with Crippen molar-refractivity contribution in [3.63, 3.8) is 0 Å². The highest BCUT2D eigenvalue weighted by Gasteiger charge is 2.21. The summed E-state index contributed by atoms with van der Waals surface area (Å²) in [5.74, 6) is -0.233. The van der Waals surface area contributed by atoms with Crippen LogP contribution in [0.15, 0.2) is 65.7 Å². The second kappa shape index (κ2) is 9.63. The van der Waals surface area contributed by atoms with Gasteiger partial charge < -0.3 is 20.7 Å². The number of aromatic hydroxyl groups is 1. The monoisotopic (exact) mass is 483 g/mol. The third-order valence-corrected chi connectivity index (χ3v) is 6.30. The van der Waals surface area contributed by atoms with Crippen LogP contribution in [0.2, 0.25) is 0 Å². The van der Waals surface area contributed by atoms with Crippen LogP contribution in [-0.2, 0) is 24.3 Å². The van der Waals surface area contributed by atoms with Gasteiger partial charge in [0, 0.05) is 48.6 Å². The largest absolute Gasteiger partial charge is 0.494 e. The Balaban J connectivity index is 1.66. The van der Waals surface area contributed by atoms with Crippen molar-refractivity contribution in [2.75, 3.05) is 6.54 Å². The van der Waals surface area contributed by atoms with Crippen molar-refractivity contribution in [2.45, 2.75) is 26.4 Å². The Morgan fingerprint density at radius 3 is 2.67 bits per heavy atom. The fraction of sp³-hybridized carbons (Fsp3) is 0.185. The highest BCUT2D eigenvalue weighted by molar-refractivity contribution is 6.22. The highest BCUT2D eigenvalue weighted by atomic mass is 16.6. The van der Waals surface area contributed by atoms with Gasteiger partial charge in [-0.1, -0.05) is 30.3 Å². The molecule has 0 fully saturated rings. The summed E-state index contributed by atoms with van der Waals surface area (Å²) in [7, 11) is 0. The average Bonchev–Trinajstić information content (AvgIpc) is 3.21. The van der Waals surface area contributed by atoms with Gasteiger partial charge in [0.1, 0.15) is 0 Å². The lowest BCUT2D eigenvalue weighted by atomic mass is 9.98. The van der Waals surface area contributed by atoms with E-state index >= 15 is 0 Å². The third kappa shape index (κ3) is 4.69. The summed E-state index contributed by atoms with van der Waals surface area (Å²) < 4.78 is 0. The number of nitrogens with zero attached hydrogens (tertiary/aromatic N) is 2. The van der Waals surface area contributed by atoms with Gasteiger partial charge in [-0.15, -0.1) is 0 Å². The van der Waals surface area contributed by atoms with Gasteiger partial charge in [-0.3, -0.25) is 14.9 Å². The summed E-state index contributed by atoms with van der Waals surface area (Å²) in [6.45, 7) is 3.57. The second-order valence-corrected chi connectivity index (χ2v) is 8.78. The van der Waals surface area contributed by atoms with Crippen molar-refractivity contribution in [3.05, 3.63) is 98.6 Å². The van der Waals surface area contributed by atoms with E-state index in [-0.39, 0.29) is 17.5 Å². The fourth-order valence-corrected chi connectivity index (χ4v) is 4.45. The van der Waals surface area contributed by atoms with Crippen molar-refractivity contribution in [1.82, 2.24) is 15.6 Å². The van der Waals surface area contributed by atoms with Crippen LogP contribution in [0.25, 0.3) is 10.9 Å². The summed E-state index contributed by atoms with van der Waals surface area (Å²) in [6.07, 6.45) is 0.899. The van der Waals surface area contributed by atoms with E-state index in [9.17, 15) is 20.0 Å². The van der Waals surface area contributed by atoms with Gasteiger partial charge in [0.2, 0.25) is 5.91 Å². The van der Waals surface area contributed by atoms with Crippen LogP contribution in [0, 0.1) is 10.1 Å². The van der Waals surface area contributed by atoms with E-state index in [1.54, 1.807) is 6.07 Å². The predicted molar refractivity (Wildman–Crippen MR) is 138 cm³/mol. The molecule has 182 valence electrons. The number of aliphatic imine (C=N–C) groups is 1. The molecule has 0 radical (unpaired) electrons. The first-order valence-corrected chi connectivity index (χ1v) is 11.6. The molecule has 5 rings (SSSR count). The van der Waals surface area contributed by atoms with Gasteiger partial charge in [0.25, 0.3) is 5.69 Å². The number of fused-ring (bicyclic) bond motifs is 2. The molecule has 1 aromatic heterocycles. The Labute approximate surface area is 207 Å². The van der Waals surface area contributed by atoms with Crippen LogP contribution in [0.1, 0.15) is 34.7 Å². The number of non-ortho nitro benzene ring substituents is 1. The molecule has 36 heavy (non-hydrogen) atoms. The molecule has 0 saturated heterocycles. The van der Waals surface area contributed by atoms with Crippen LogP contribution in [0.5, 0.6) is 5.88 Å². The zero-order valence-electron chi connectivity index (χ0n) is 19.7. The zero-order chi connectivity index (χ0) is 25.2. The van der Waals surface area contributed by atoms with Gasteiger partial charge in [-0.2, -0.15) is 0 Å². The fourth-order valence-electron chi connectivity index (χ4n) is 4.45. The minimum absolute atomic E-state index is 0.0750. The zero-order valence-corrected chi connectivity index (χ0v) is 19.7. The smallest absolute Gasteiger partial charge is 0.270 e. The summed E-state index contributed by atoms with van der Waals surface area (Å²) >= 11 is 0. The van der Waals surface area contributed by atoms with E-state index in [1.807, 2.05) is 36.4 Å². The summed E-state index contributed by atoms with van der Waals surface area (Å²) in [4.78, 5) is 30.1. The SMILES string of the molecule is CC(=O)NCc1ccc(C(=Nc2ccc3c(c2)CCNC3)c2c(O)[nH]c3ccc([N+](=O)[O-])cc23)cc1. The number of hydrogen-bond acceptors (Lipinski definition) is 6. The van der Waals surface area contributed by atoms with Crippen molar-refractivity contribution >= 4 is 33.9 Å². The third-order valence-electron chi connectivity index (χ3n) is 6.30. The van der Waals surface area contributed by atoms with Gasteiger partial charge >= 0.3 is 0 Å². The summed E-state index contributed by atoms with van der Waals surface area (Å²) in [6, 6.07) is 18.0. The minimum Gasteiger partial charge on any atom is -0.494 e. The molecule has 1 aliphatic rings. The van der Waals surface area contributed by atoms with Gasteiger partial charge in [-0.05, 0) is 47.9 Å². The van der Waals surface area contributed by atoms with E-state index in [0.29, 0.717) is 28.7 Å². The second-order valence-electron chi connectivity index (χ2n) is 8.78. The van der Waals surface area contributed by atoms with Gasteiger partial charge in [0.05, 0.1) is 21.9 Å². The van der Waals surface area contributed by atoms with Crippen LogP contribution in [0.3, 0.4) is 0 Å². The lowest BCUT2D eigenvalue weighted by Gasteiger charge is -2.17. The maximum absolute atomic E-state index is 11.4. The molecule has 9 nitrogen and oxygen atoms in total. The van der Waals surface area contributed by atoms with Gasteiger partial charge in [-0.25, -0.2) is 4.99 Å². The maximum Gasteiger partial charge on any atom is 0.270 e. The van der Waals surface area contributed by atoms with Crippen LogP contribution < -0.4 is 10.6 Å². The number of H-pyrrole nitrogens is 1. The Hall–Kier alpha value is -4.50. The maximum atomic E-state index is 11.4. The Morgan fingerprint density at radius 2 is 1.92 bits per heavy atom. The number of nitro groups is 1. The van der Waals surface area contributed by atoms with E-state index in [0.717, 1.165) is 36.3 Å². The predicted octanol–water partition coefficient (Wildman–Crippen LogP) is 4.23. The molecule has 1 amide bonds. The molecular weight excluding hydrogens is 458 g/mol. The number of aromatic amines is 1. The topological polar surface area (TPSA) is 133 Å². The Bertz CT molecular complexity index is 1500. The number of rotatable bonds is 6. The quantitative estimate of drug-likeness (QED) is 0.185. The number of aromatic nitrogens is 1. The van der Waals surface area contributed by atoms with Crippen molar-refractivity contribution in [2.24, 2.45) is 4.99 Å². The number of hydrogen-bond donors (Lipinski definition) is 4. The normalized spacial score (nSPS) is 13.4. The highest BCUT2D eigenvalue weighted by Crippen LogP contribution is 2.34. The molecule has 3 aromatic carbocycles. The van der Waals surface area contributed by atoms with Crippen LogP contribution in [0.4, 0.5) is 11.4 Å². The van der Waals surface area contributed by atoms with E-state index in [2.05, 4.69) is 21.7 Å². The number of benzene rings is 3. The Kier molecular flexibility index (Phi) is 6.22. The van der Waals surface area contributed by atoms with Crippen molar-refractivity contribution < 1.29 is 14.8 Å². The number of carbonyl (C=O) groups excluding carboxylic acids is 1. The van der Waals surface area contributed by atoms with E-state index in [4.69, 9.17) is 4.99 Å². The number of nitrogens with one attached hydrogen (secondary N) is 3. The molecule has 4 aromatic rings.